The van der Waals surface area contributed by atoms with E-state index in [0.717, 1.165) is 0 Å². The minimum Gasteiger partial charge on any atom is -0.200 e. The van der Waals surface area contributed by atoms with Gasteiger partial charge < -0.3 is 0 Å². The van der Waals surface area contributed by atoms with Gasteiger partial charge in [0, 0.05) is 207 Å². The maximum absolute atomic E-state index is 10.1. The lowest BCUT2D eigenvalue weighted by molar-refractivity contribution is 0.702. The summed E-state index contributed by atoms with van der Waals surface area (Å²) in [6.45, 7) is 0. The first kappa shape index (κ1) is 30.1. The Kier molecular flexibility index (Phi) is 35.0. The van der Waals surface area contributed by atoms with Gasteiger partial charge in [0.1, 0.15) is 0 Å². The van der Waals surface area contributed by atoms with E-state index in [2.05, 4.69) is 0 Å². The minimum atomic E-state index is 0.538. The molecule has 0 fully saturated rings. The molecule has 1 nitrogen and oxygen atoms in total. The molecule has 150 valence electrons. The lowest BCUT2D eigenvalue weighted by Gasteiger charge is -1.40. The molecule has 0 aliphatic carbocycles. The summed E-state index contributed by atoms with van der Waals surface area (Å²) < 4.78 is 10.1. The third-order valence-electron chi connectivity index (χ3n) is 0.611. The predicted molar refractivity (Wildman–Crippen MR) is 178 cm³/mol. The van der Waals surface area contributed by atoms with Crippen molar-refractivity contribution in [2.45, 2.75) is 0 Å². The van der Waals surface area contributed by atoms with Crippen molar-refractivity contribution in [3.05, 3.63) is 0 Å². The van der Waals surface area contributed by atoms with E-state index in [4.69, 9.17) is 11.2 Å². The lowest BCUT2D eigenvalue weighted by atomic mass is 16.0. The van der Waals surface area contributed by atoms with Gasteiger partial charge in [-0.15, -0.1) is 0 Å². The van der Waals surface area contributed by atoms with Crippen molar-refractivity contribution in [3.63, 3.8) is 0 Å². The van der Waals surface area contributed by atoms with Crippen LogP contribution in [0, 0.1) is 0 Å². The lowest BCUT2D eigenvalue weighted by Crippen LogP contribution is -1.41. The van der Waals surface area contributed by atoms with Gasteiger partial charge in [0.2, 0.25) is 0 Å². The Hall–Kier alpha value is 5.08. The molecular weight excluding hydrogens is 786 g/mol. The fourth-order valence-electron chi connectivity index (χ4n) is 0.238. The van der Waals surface area contributed by atoms with E-state index >= 15 is 0 Å². The summed E-state index contributed by atoms with van der Waals surface area (Å²) in [7, 11) is 37.9. The molecule has 0 aromatic rings. The molecule has 25 heavy (non-hydrogen) atoms. The van der Waals surface area contributed by atoms with E-state index in [1.807, 2.05) is 0 Å². The molecule has 0 N–H and O–H groups in total. The van der Waals surface area contributed by atoms with E-state index in [1.165, 1.54) is 26.6 Å². The maximum atomic E-state index is 10.1. The van der Waals surface area contributed by atoms with E-state index in [9.17, 15) is 4.21 Å². The summed E-state index contributed by atoms with van der Waals surface area (Å²) in [5.74, 6) is 0. The van der Waals surface area contributed by atoms with Gasteiger partial charge in [-0.2, -0.15) is 4.21 Å². The topological polar surface area (TPSA) is 17.1 Å². The molecule has 0 aromatic carbocycles. The molecule has 0 bridgehead atoms. The quantitative estimate of drug-likeness (QED) is 0.334. The van der Waals surface area contributed by atoms with Gasteiger partial charge in [0.25, 0.3) is 0 Å². The molecule has 0 radical (unpaired) electrons. The largest absolute Gasteiger partial charge is 0.200 e. The SMILES string of the molecule is O=S=S=S=S=S=S=S=S=S=S=S=S=S=S=S=S=S=S=S=S=S=S=S=S. The zero-order chi connectivity index (χ0) is 18.3. The molecular formula is OS24. The maximum Gasteiger partial charge on any atom is 0.168 e. The smallest absolute Gasteiger partial charge is 0.168 e. The van der Waals surface area contributed by atoms with E-state index in [-0.39, 0.29) is 0 Å². The second kappa shape index (κ2) is 29.1. The van der Waals surface area contributed by atoms with Crippen LogP contribution in [0.25, 0.3) is 0 Å². The van der Waals surface area contributed by atoms with E-state index < -0.39 is 0 Å². The van der Waals surface area contributed by atoms with Crippen molar-refractivity contribution >= 4 is 217 Å². The van der Waals surface area contributed by atoms with Crippen molar-refractivity contribution in [1.29, 1.82) is 0 Å². The van der Waals surface area contributed by atoms with Crippen molar-refractivity contribution in [3.8, 4) is 0 Å². The Labute approximate surface area is 215 Å². The van der Waals surface area contributed by atoms with Gasteiger partial charge in [-0.25, -0.2) is 0 Å². The zero-order valence-corrected chi connectivity index (χ0v) is 29.8. The second-order valence-corrected chi connectivity index (χ2v) is 41.0. The summed E-state index contributed by atoms with van der Waals surface area (Å²) in [4.78, 5) is 0. The third-order valence-corrected chi connectivity index (χ3v) is 48.0. The molecule has 0 spiro atoms. The van der Waals surface area contributed by atoms with Crippen LogP contribution < -0.4 is 0 Å². The van der Waals surface area contributed by atoms with Crippen LogP contribution in [0.1, 0.15) is 0 Å². The molecule has 0 aromatic heterocycles. The molecule has 0 rings (SSSR count). The summed E-state index contributed by atoms with van der Waals surface area (Å²) in [5.41, 5.74) is 0. The van der Waals surface area contributed by atoms with Crippen molar-refractivity contribution in [2.24, 2.45) is 0 Å². The Morgan fingerprint density at radius 3 is 0.720 bits per heavy atom. The summed E-state index contributed by atoms with van der Waals surface area (Å²) in [5, 5.41) is 0. The van der Waals surface area contributed by atoms with Gasteiger partial charge in [0.15, 0.2) is 10.2 Å². The summed E-state index contributed by atoms with van der Waals surface area (Å²) >= 11 is 4.77. The summed E-state index contributed by atoms with van der Waals surface area (Å²) in [6, 6.07) is 0. The van der Waals surface area contributed by atoms with E-state index in [1.54, 1.807) is 169 Å². The van der Waals surface area contributed by atoms with Crippen LogP contribution in [0.3, 0.4) is 0 Å². The van der Waals surface area contributed by atoms with Gasteiger partial charge >= 0.3 is 0 Å². The van der Waals surface area contributed by atoms with Crippen molar-refractivity contribution in [2.75, 3.05) is 0 Å². The fraction of sp³-hybridized carbons (Fsp3) is 0. The molecule has 0 heterocycles. The van der Waals surface area contributed by atoms with E-state index in [0.29, 0.717) is 10.2 Å². The van der Waals surface area contributed by atoms with Crippen LogP contribution in [0.4, 0.5) is 0 Å². The Morgan fingerprint density at radius 1 is 0.320 bits per heavy atom. The molecule has 0 amide bonds. The second-order valence-electron chi connectivity index (χ2n) is 1.56. The van der Waals surface area contributed by atoms with Crippen molar-refractivity contribution in [1.82, 2.24) is 0 Å². The fourth-order valence-corrected chi connectivity index (χ4v) is 56.0. The van der Waals surface area contributed by atoms with Crippen LogP contribution in [0.5, 0.6) is 0 Å². The Bertz CT molecular complexity index is 1300. The zero-order valence-electron chi connectivity index (χ0n) is 10.2. The average molecular weight is 786 g/mol. The normalized spacial score (nSPS) is 7.52. The molecule has 0 saturated carbocycles. The first-order valence-electron chi connectivity index (χ1n) is 4.00. The first-order chi connectivity index (χ1) is 12.4. The molecule has 0 saturated heterocycles. The molecule has 0 aliphatic rings. The van der Waals surface area contributed by atoms with Crippen LogP contribution in [-0.2, 0) is 217 Å². The Morgan fingerprint density at radius 2 is 0.520 bits per heavy atom. The first-order valence-corrected chi connectivity index (χ1v) is 35.0. The number of rotatable bonds is 0. The van der Waals surface area contributed by atoms with Crippen LogP contribution in [0.15, 0.2) is 0 Å². The van der Waals surface area contributed by atoms with Crippen molar-refractivity contribution < 1.29 is 4.21 Å². The Balaban J connectivity index is 5.88. The molecule has 0 atom stereocenters. The molecule has 25 heteroatoms. The standard InChI is InChI=1S/OS24/c1-3-5-7-9-11-13-15-17-19-21-23-25-24-22-20-18-16-14-12-10-8-6-4-2. The highest BCUT2D eigenvalue weighted by molar-refractivity contribution is 8.79. The highest BCUT2D eigenvalue weighted by Gasteiger charge is 1.42. The predicted octanol–water partition coefficient (Wildman–Crippen LogP) is -0.392. The van der Waals surface area contributed by atoms with Crippen LogP contribution in [-0.4, -0.2) is 4.21 Å². The van der Waals surface area contributed by atoms with Gasteiger partial charge in [-0.05, 0) is 0 Å². The van der Waals surface area contributed by atoms with Gasteiger partial charge in [-0.1, -0.05) is 0 Å². The monoisotopic (exact) mass is 783 g/mol. The highest BCUT2D eigenvalue weighted by Crippen LogP contribution is 1.42. The van der Waals surface area contributed by atoms with Gasteiger partial charge in [0.05, 0.1) is 0 Å². The molecule has 0 aliphatic heterocycles. The number of hydrogen-bond acceptors (Lipinski definition) is 2. The van der Waals surface area contributed by atoms with Crippen LogP contribution in [0.2, 0.25) is 0 Å². The average Bonchev–Trinajstić information content (AvgIpc) is 2.63. The third kappa shape index (κ3) is 29.1. The highest BCUT2D eigenvalue weighted by atomic mass is 33.5. The minimum absolute atomic E-state index is 0.538. The summed E-state index contributed by atoms with van der Waals surface area (Å²) in [6.07, 6.45) is 0. The van der Waals surface area contributed by atoms with Gasteiger partial charge in [-0.3, -0.25) is 0 Å². The number of hydrogen-bond donors (Lipinski definition) is 0. The molecule has 0 unspecified atom stereocenters. The van der Waals surface area contributed by atoms with Crippen LogP contribution >= 0.6 is 0 Å².